The third-order valence-corrected chi connectivity index (χ3v) is 2.23. The molecule has 1 aliphatic rings. The minimum Gasteiger partial charge on any atom is -0.376 e. The largest absolute Gasteiger partial charge is 0.376 e. The molecular weight excluding hydrogens is 152 g/mol. The van der Waals surface area contributed by atoms with Crippen LogP contribution in [0.4, 0.5) is 0 Å². The first-order valence-electron chi connectivity index (χ1n) is 4.90. The minimum absolute atomic E-state index is 0.319. The lowest BCUT2D eigenvalue weighted by molar-refractivity contribution is 0.0191. The number of hydrogen-bond acceptors (Lipinski definition) is 3. The van der Waals surface area contributed by atoms with Gasteiger partial charge in [-0.2, -0.15) is 0 Å². The molecule has 0 aromatic heterocycles. The van der Waals surface area contributed by atoms with Crippen LogP contribution in [0, 0.1) is 0 Å². The first-order valence-corrected chi connectivity index (χ1v) is 4.90. The summed E-state index contributed by atoms with van der Waals surface area (Å²) in [4.78, 5) is 0. The van der Waals surface area contributed by atoms with Crippen molar-refractivity contribution in [2.45, 2.75) is 38.3 Å². The molecule has 72 valence electrons. The van der Waals surface area contributed by atoms with E-state index in [1.165, 1.54) is 6.42 Å². The molecule has 2 atom stereocenters. The molecule has 0 aromatic carbocycles. The highest BCUT2D eigenvalue weighted by Gasteiger charge is 2.15. The van der Waals surface area contributed by atoms with Crippen molar-refractivity contribution < 1.29 is 4.74 Å². The van der Waals surface area contributed by atoms with Crippen LogP contribution in [0.25, 0.3) is 0 Å². The van der Waals surface area contributed by atoms with Crippen LogP contribution < -0.4 is 11.1 Å². The Bertz CT molecular complexity index is 113. The molecule has 1 fully saturated rings. The van der Waals surface area contributed by atoms with Crippen molar-refractivity contribution in [3.05, 3.63) is 0 Å². The molecule has 12 heavy (non-hydrogen) atoms. The molecular formula is C9H20N2O. The van der Waals surface area contributed by atoms with Crippen molar-refractivity contribution in [2.75, 3.05) is 19.7 Å². The van der Waals surface area contributed by atoms with Gasteiger partial charge in [-0.05, 0) is 12.8 Å². The van der Waals surface area contributed by atoms with Crippen molar-refractivity contribution in [2.24, 2.45) is 5.73 Å². The molecule has 1 rings (SSSR count). The lowest BCUT2D eigenvalue weighted by atomic mass is 10.1. The van der Waals surface area contributed by atoms with Crippen LogP contribution in [0.3, 0.4) is 0 Å². The maximum Gasteiger partial charge on any atom is 0.0714 e. The van der Waals surface area contributed by atoms with Crippen molar-refractivity contribution in [1.82, 2.24) is 5.32 Å². The van der Waals surface area contributed by atoms with E-state index >= 15 is 0 Å². The summed E-state index contributed by atoms with van der Waals surface area (Å²) in [6.45, 7) is 4.96. The topological polar surface area (TPSA) is 47.3 Å². The van der Waals surface area contributed by atoms with Gasteiger partial charge in [-0.3, -0.25) is 0 Å². The number of rotatable bonds is 4. The lowest BCUT2D eigenvalue weighted by Gasteiger charge is -2.25. The van der Waals surface area contributed by atoms with Crippen LogP contribution in [0.1, 0.15) is 26.2 Å². The van der Waals surface area contributed by atoms with Crippen molar-refractivity contribution in [3.8, 4) is 0 Å². The van der Waals surface area contributed by atoms with Crippen LogP contribution >= 0.6 is 0 Å². The minimum atomic E-state index is 0.319. The highest BCUT2D eigenvalue weighted by molar-refractivity contribution is 4.73. The Balaban J connectivity index is 2.11. The van der Waals surface area contributed by atoms with Crippen molar-refractivity contribution in [3.63, 3.8) is 0 Å². The fourth-order valence-corrected chi connectivity index (χ4v) is 1.60. The fourth-order valence-electron chi connectivity index (χ4n) is 1.60. The molecule has 1 saturated heterocycles. The molecule has 0 spiro atoms. The van der Waals surface area contributed by atoms with E-state index in [9.17, 15) is 0 Å². The molecule has 2 unspecified atom stereocenters. The van der Waals surface area contributed by atoms with E-state index in [1.807, 2.05) is 0 Å². The van der Waals surface area contributed by atoms with Gasteiger partial charge in [0.05, 0.1) is 12.7 Å². The quantitative estimate of drug-likeness (QED) is 0.649. The van der Waals surface area contributed by atoms with E-state index in [2.05, 4.69) is 12.2 Å². The molecule has 3 N–H and O–H groups in total. The van der Waals surface area contributed by atoms with Gasteiger partial charge < -0.3 is 15.8 Å². The molecule has 0 aromatic rings. The molecule has 0 aliphatic carbocycles. The maximum atomic E-state index is 5.91. The Morgan fingerprint density at radius 3 is 3.08 bits per heavy atom. The Morgan fingerprint density at radius 2 is 2.50 bits per heavy atom. The summed E-state index contributed by atoms with van der Waals surface area (Å²) in [5.74, 6) is 0. The Kier molecular flexibility index (Phi) is 4.58. The summed E-state index contributed by atoms with van der Waals surface area (Å²) in [5.41, 5.74) is 5.91. The van der Waals surface area contributed by atoms with Crippen LogP contribution in [0.2, 0.25) is 0 Å². The Hall–Kier alpha value is -0.120. The van der Waals surface area contributed by atoms with Gasteiger partial charge in [0.2, 0.25) is 0 Å². The van der Waals surface area contributed by atoms with Gasteiger partial charge in [0.15, 0.2) is 0 Å². The second kappa shape index (κ2) is 5.51. The standard InChI is InChI=1S/C9H20N2O/c1-2-3-8(10)6-9-7-11-4-5-12-9/h8-9,11H,2-7,10H2,1H3. The SMILES string of the molecule is CCCC(N)CC1CNCCO1. The summed E-state index contributed by atoms with van der Waals surface area (Å²) in [6, 6.07) is 0.319. The second-order valence-corrected chi connectivity index (χ2v) is 3.48. The molecule has 3 nitrogen and oxygen atoms in total. The fraction of sp³-hybridized carbons (Fsp3) is 1.00. The zero-order valence-corrected chi connectivity index (χ0v) is 7.88. The van der Waals surface area contributed by atoms with Gasteiger partial charge in [0, 0.05) is 19.1 Å². The van der Waals surface area contributed by atoms with E-state index in [0.717, 1.165) is 32.5 Å². The second-order valence-electron chi connectivity index (χ2n) is 3.48. The number of nitrogens with one attached hydrogen (secondary N) is 1. The van der Waals surface area contributed by atoms with Crippen molar-refractivity contribution in [1.29, 1.82) is 0 Å². The summed E-state index contributed by atoms with van der Waals surface area (Å²) >= 11 is 0. The predicted octanol–water partition coefficient (Wildman–Crippen LogP) is 0.492. The number of nitrogens with two attached hydrogens (primary N) is 1. The smallest absolute Gasteiger partial charge is 0.0714 e. The van der Waals surface area contributed by atoms with E-state index in [4.69, 9.17) is 10.5 Å². The maximum absolute atomic E-state index is 5.91. The summed E-state index contributed by atoms with van der Waals surface area (Å²) in [6.07, 6.45) is 3.63. The first-order chi connectivity index (χ1) is 5.83. The average molecular weight is 172 g/mol. The number of ether oxygens (including phenoxy) is 1. The first kappa shape index (κ1) is 9.96. The van der Waals surface area contributed by atoms with Gasteiger partial charge in [-0.15, -0.1) is 0 Å². The molecule has 3 heteroatoms. The van der Waals surface area contributed by atoms with Gasteiger partial charge in [0.25, 0.3) is 0 Å². The van der Waals surface area contributed by atoms with Crippen LogP contribution in [0.5, 0.6) is 0 Å². The average Bonchev–Trinajstić information content (AvgIpc) is 2.06. The molecule has 0 radical (unpaired) electrons. The third-order valence-electron chi connectivity index (χ3n) is 2.23. The van der Waals surface area contributed by atoms with Gasteiger partial charge >= 0.3 is 0 Å². The zero-order chi connectivity index (χ0) is 8.81. The van der Waals surface area contributed by atoms with Crippen LogP contribution in [-0.4, -0.2) is 31.8 Å². The highest BCUT2D eigenvalue weighted by atomic mass is 16.5. The van der Waals surface area contributed by atoms with Crippen LogP contribution in [-0.2, 0) is 4.74 Å². The van der Waals surface area contributed by atoms with E-state index < -0.39 is 0 Å². The summed E-state index contributed by atoms with van der Waals surface area (Å²) < 4.78 is 5.55. The highest BCUT2D eigenvalue weighted by Crippen LogP contribution is 2.07. The molecule has 0 saturated carbocycles. The van der Waals surface area contributed by atoms with Gasteiger partial charge in [-0.1, -0.05) is 13.3 Å². The van der Waals surface area contributed by atoms with Crippen molar-refractivity contribution >= 4 is 0 Å². The van der Waals surface area contributed by atoms with Gasteiger partial charge in [-0.25, -0.2) is 0 Å². The summed E-state index contributed by atoms with van der Waals surface area (Å²) in [5, 5.41) is 3.30. The summed E-state index contributed by atoms with van der Waals surface area (Å²) in [7, 11) is 0. The monoisotopic (exact) mass is 172 g/mol. The molecule has 1 aliphatic heterocycles. The number of hydrogen-bond donors (Lipinski definition) is 2. The van der Waals surface area contributed by atoms with E-state index in [-0.39, 0.29) is 0 Å². The molecule has 1 heterocycles. The normalized spacial score (nSPS) is 27.0. The Morgan fingerprint density at radius 1 is 1.67 bits per heavy atom. The van der Waals surface area contributed by atoms with E-state index in [0.29, 0.717) is 12.1 Å². The number of morpholine rings is 1. The lowest BCUT2D eigenvalue weighted by Crippen LogP contribution is -2.41. The third kappa shape index (κ3) is 3.52. The molecule has 0 bridgehead atoms. The Labute approximate surface area is 74.7 Å². The van der Waals surface area contributed by atoms with Gasteiger partial charge in [0.1, 0.15) is 0 Å². The zero-order valence-electron chi connectivity index (χ0n) is 7.88. The molecule has 0 amide bonds. The van der Waals surface area contributed by atoms with E-state index in [1.54, 1.807) is 0 Å². The van der Waals surface area contributed by atoms with Crippen LogP contribution in [0.15, 0.2) is 0 Å². The predicted molar refractivity (Wildman–Crippen MR) is 50.1 cm³/mol.